The molecule has 1 saturated carbocycles. The summed E-state index contributed by atoms with van der Waals surface area (Å²) in [4.78, 5) is 16.4. The normalized spacial score (nSPS) is 19.6. The Labute approximate surface area is 154 Å². The number of amides is 1. The molecule has 1 N–H and O–H groups in total. The van der Waals surface area contributed by atoms with E-state index in [0.29, 0.717) is 5.88 Å². The lowest BCUT2D eigenvalue weighted by molar-refractivity contribution is -0.124. The van der Waals surface area contributed by atoms with Gasteiger partial charge < -0.3 is 14.8 Å². The van der Waals surface area contributed by atoms with E-state index in [9.17, 15) is 4.79 Å². The van der Waals surface area contributed by atoms with Crippen molar-refractivity contribution in [3.63, 3.8) is 0 Å². The summed E-state index contributed by atoms with van der Waals surface area (Å²) in [5, 5.41) is 3.06. The Morgan fingerprint density at radius 2 is 1.92 bits per heavy atom. The summed E-state index contributed by atoms with van der Waals surface area (Å²) in [6.07, 6.45) is 5.63. The fraction of sp³-hybridized carbons (Fsp3) is 0.429. The first-order valence-electron chi connectivity index (χ1n) is 9.16. The molecule has 0 spiro atoms. The standard InChI is InChI=1S/C21H26N2O3/c1-15-4-3-5-19(12-15)25-14-20(24)23-17-7-9-18(10-8-17)26-21-11-6-16(2)13-22-21/h3-6,11-13,17-18H,7-10,14H2,1-2H3,(H,23,24). The van der Waals surface area contributed by atoms with Crippen LogP contribution in [0.2, 0.25) is 0 Å². The van der Waals surface area contributed by atoms with Crippen molar-refractivity contribution in [1.29, 1.82) is 0 Å². The van der Waals surface area contributed by atoms with Crippen molar-refractivity contribution in [3.05, 3.63) is 53.7 Å². The zero-order valence-corrected chi connectivity index (χ0v) is 15.4. The Balaban J connectivity index is 1.38. The molecule has 3 rings (SSSR count). The van der Waals surface area contributed by atoms with Crippen LogP contribution in [0, 0.1) is 13.8 Å². The lowest BCUT2D eigenvalue weighted by Crippen LogP contribution is -2.41. The van der Waals surface area contributed by atoms with Gasteiger partial charge in [0.15, 0.2) is 6.61 Å². The quantitative estimate of drug-likeness (QED) is 0.861. The van der Waals surface area contributed by atoms with E-state index in [1.165, 1.54) is 0 Å². The zero-order chi connectivity index (χ0) is 18.4. The number of hydrogen-bond acceptors (Lipinski definition) is 4. The Morgan fingerprint density at radius 1 is 1.12 bits per heavy atom. The molecule has 0 unspecified atom stereocenters. The van der Waals surface area contributed by atoms with E-state index in [1.807, 2.05) is 56.4 Å². The monoisotopic (exact) mass is 354 g/mol. The van der Waals surface area contributed by atoms with Crippen LogP contribution in [0.25, 0.3) is 0 Å². The number of rotatable bonds is 6. The Bertz CT molecular complexity index is 722. The molecule has 1 aromatic carbocycles. The van der Waals surface area contributed by atoms with E-state index >= 15 is 0 Å². The number of aryl methyl sites for hydroxylation is 2. The molecule has 0 atom stereocenters. The van der Waals surface area contributed by atoms with Gasteiger partial charge in [-0.1, -0.05) is 18.2 Å². The third-order valence-electron chi connectivity index (χ3n) is 4.57. The fourth-order valence-electron chi connectivity index (χ4n) is 3.14. The highest BCUT2D eigenvalue weighted by Gasteiger charge is 2.24. The predicted octanol–water partition coefficient (Wildman–Crippen LogP) is 3.58. The van der Waals surface area contributed by atoms with E-state index in [4.69, 9.17) is 9.47 Å². The molecule has 0 radical (unpaired) electrons. The van der Waals surface area contributed by atoms with Gasteiger partial charge in [0, 0.05) is 18.3 Å². The maximum Gasteiger partial charge on any atom is 0.258 e. The van der Waals surface area contributed by atoms with Crippen molar-refractivity contribution >= 4 is 5.91 Å². The third kappa shape index (κ3) is 5.48. The summed E-state index contributed by atoms with van der Waals surface area (Å²) >= 11 is 0. The number of nitrogens with zero attached hydrogens (tertiary/aromatic N) is 1. The van der Waals surface area contributed by atoms with Gasteiger partial charge in [-0.2, -0.15) is 0 Å². The maximum atomic E-state index is 12.1. The van der Waals surface area contributed by atoms with Gasteiger partial charge in [0.25, 0.3) is 5.91 Å². The van der Waals surface area contributed by atoms with Crippen LogP contribution in [0.5, 0.6) is 11.6 Å². The van der Waals surface area contributed by atoms with E-state index in [1.54, 1.807) is 0 Å². The van der Waals surface area contributed by atoms with Gasteiger partial charge in [0.2, 0.25) is 5.88 Å². The van der Waals surface area contributed by atoms with Gasteiger partial charge in [0.1, 0.15) is 11.9 Å². The Hall–Kier alpha value is -2.56. The largest absolute Gasteiger partial charge is 0.484 e. The van der Waals surface area contributed by atoms with Crippen LogP contribution in [0.4, 0.5) is 0 Å². The van der Waals surface area contributed by atoms with E-state index in [0.717, 1.165) is 42.6 Å². The van der Waals surface area contributed by atoms with Crippen molar-refractivity contribution in [2.24, 2.45) is 0 Å². The number of hydrogen-bond donors (Lipinski definition) is 1. The molecular formula is C21H26N2O3. The van der Waals surface area contributed by atoms with Crippen molar-refractivity contribution in [1.82, 2.24) is 10.3 Å². The second-order valence-corrected chi connectivity index (χ2v) is 6.94. The number of benzene rings is 1. The van der Waals surface area contributed by atoms with Gasteiger partial charge in [0.05, 0.1) is 0 Å². The number of pyridine rings is 1. The second-order valence-electron chi connectivity index (χ2n) is 6.94. The number of aromatic nitrogens is 1. The molecule has 1 fully saturated rings. The number of nitrogens with one attached hydrogen (secondary N) is 1. The second kappa shape index (κ2) is 8.70. The molecule has 5 heteroatoms. The molecule has 138 valence electrons. The van der Waals surface area contributed by atoms with Crippen LogP contribution in [-0.4, -0.2) is 29.6 Å². The highest BCUT2D eigenvalue weighted by atomic mass is 16.5. The minimum absolute atomic E-state index is 0.0488. The summed E-state index contributed by atoms with van der Waals surface area (Å²) in [6, 6.07) is 11.8. The van der Waals surface area contributed by atoms with Crippen LogP contribution < -0.4 is 14.8 Å². The number of carbonyl (C=O) groups is 1. The SMILES string of the molecule is Cc1ccc(OC2CCC(NC(=O)COc3cccc(C)c3)CC2)nc1. The third-order valence-corrected chi connectivity index (χ3v) is 4.57. The molecule has 1 aliphatic rings. The van der Waals surface area contributed by atoms with Crippen molar-refractivity contribution in [2.45, 2.75) is 51.7 Å². The van der Waals surface area contributed by atoms with E-state index in [-0.39, 0.29) is 24.7 Å². The van der Waals surface area contributed by atoms with Crippen LogP contribution >= 0.6 is 0 Å². The summed E-state index contributed by atoms with van der Waals surface area (Å²) in [6.45, 7) is 4.06. The summed E-state index contributed by atoms with van der Waals surface area (Å²) in [7, 11) is 0. The lowest BCUT2D eigenvalue weighted by Gasteiger charge is -2.29. The van der Waals surface area contributed by atoms with Crippen molar-refractivity contribution in [3.8, 4) is 11.6 Å². The highest BCUT2D eigenvalue weighted by Crippen LogP contribution is 2.23. The first kappa shape index (κ1) is 18.2. The molecular weight excluding hydrogens is 328 g/mol. The van der Waals surface area contributed by atoms with Crippen molar-refractivity contribution in [2.75, 3.05) is 6.61 Å². The molecule has 0 bridgehead atoms. The first-order valence-corrected chi connectivity index (χ1v) is 9.16. The summed E-state index contributed by atoms with van der Waals surface area (Å²) < 4.78 is 11.5. The van der Waals surface area contributed by atoms with Crippen LogP contribution in [0.15, 0.2) is 42.6 Å². The fourth-order valence-corrected chi connectivity index (χ4v) is 3.14. The zero-order valence-electron chi connectivity index (χ0n) is 15.4. The molecule has 1 aliphatic carbocycles. The molecule has 2 aromatic rings. The van der Waals surface area contributed by atoms with Crippen molar-refractivity contribution < 1.29 is 14.3 Å². The molecule has 5 nitrogen and oxygen atoms in total. The summed E-state index contributed by atoms with van der Waals surface area (Å²) in [5.41, 5.74) is 2.24. The molecule has 0 aliphatic heterocycles. The van der Waals surface area contributed by atoms with Crippen LogP contribution in [0.3, 0.4) is 0 Å². The van der Waals surface area contributed by atoms with E-state index < -0.39 is 0 Å². The number of carbonyl (C=O) groups excluding carboxylic acids is 1. The smallest absolute Gasteiger partial charge is 0.258 e. The van der Waals surface area contributed by atoms with Crippen LogP contribution in [0.1, 0.15) is 36.8 Å². The number of ether oxygens (including phenoxy) is 2. The topological polar surface area (TPSA) is 60.5 Å². The van der Waals surface area contributed by atoms with Gasteiger partial charge >= 0.3 is 0 Å². The minimum Gasteiger partial charge on any atom is -0.484 e. The first-order chi connectivity index (χ1) is 12.6. The minimum atomic E-state index is -0.0731. The van der Waals surface area contributed by atoms with Crippen LogP contribution in [-0.2, 0) is 4.79 Å². The average molecular weight is 354 g/mol. The van der Waals surface area contributed by atoms with E-state index in [2.05, 4.69) is 10.3 Å². The maximum absolute atomic E-state index is 12.1. The summed E-state index contributed by atoms with van der Waals surface area (Å²) in [5.74, 6) is 1.33. The van der Waals surface area contributed by atoms with Gasteiger partial charge in [-0.05, 0) is 62.8 Å². The molecule has 1 heterocycles. The van der Waals surface area contributed by atoms with Gasteiger partial charge in [-0.25, -0.2) is 4.98 Å². The molecule has 1 aromatic heterocycles. The Morgan fingerprint density at radius 3 is 2.62 bits per heavy atom. The molecule has 0 saturated heterocycles. The van der Waals surface area contributed by atoms with Gasteiger partial charge in [-0.3, -0.25) is 4.79 Å². The highest BCUT2D eigenvalue weighted by molar-refractivity contribution is 5.77. The Kier molecular flexibility index (Phi) is 6.10. The average Bonchev–Trinajstić information content (AvgIpc) is 2.64. The molecule has 1 amide bonds. The molecule has 26 heavy (non-hydrogen) atoms. The van der Waals surface area contributed by atoms with Gasteiger partial charge in [-0.15, -0.1) is 0 Å². The lowest BCUT2D eigenvalue weighted by atomic mass is 9.93. The predicted molar refractivity (Wildman–Crippen MR) is 100 cm³/mol.